The number of anilines is 1. The number of para-hydroxylation sites is 1. The molecule has 3 rings (SSSR count). The quantitative estimate of drug-likeness (QED) is 0.701. The summed E-state index contributed by atoms with van der Waals surface area (Å²) in [6.07, 6.45) is 0.635. The van der Waals surface area contributed by atoms with E-state index in [9.17, 15) is 5.11 Å². The van der Waals surface area contributed by atoms with Crippen molar-refractivity contribution in [3.63, 3.8) is 0 Å². The van der Waals surface area contributed by atoms with E-state index in [-0.39, 0.29) is 12.6 Å². The van der Waals surface area contributed by atoms with E-state index in [1.54, 1.807) is 7.11 Å². The fraction of sp³-hybridized carbons (Fsp3) is 0.286. The number of ether oxygens (including phenoxy) is 1. The van der Waals surface area contributed by atoms with Crippen LogP contribution in [0.1, 0.15) is 29.3 Å². The number of aromatic nitrogens is 1. The molecule has 0 saturated heterocycles. The monoisotopic (exact) mass is 336 g/mol. The highest BCUT2D eigenvalue weighted by Gasteiger charge is 2.15. The Morgan fingerprint density at radius 1 is 1.12 bits per heavy atom. The Labute approximate surface area is 148 Å². The number of rotatable bonds is 6. The largest absolute Gasteiger partial charge is 0.494 e. The molecule has 0 fully saturated rings. The average molecular weight is 336 g/mol. The van der Waals surface area contributed by atoms with Gasteiger partial charge in [0, 0.05) is 23.4 Å². The van der Waals surface area contributed by atoms with E-state index >= 15 is 0 Å². The van der Waals surface area contributed by atoms with Crippen molar-refractivity contribution in [1.82, 2.24) is 4.98 Å². The summed E-state index contributed by atoms with van der Waals surface area (Å²) in [6.45, 7) is 4.18. The van der Waals surface area contributed by atoms with Gasteiger partial charge in [-0.25, -0.2) is 4.98 Å². The van der Waals surface area contributed by atoms with Gasteiger partial charge in [-0.05, 0) is 38.0 Å². The highest BCUT2D eigenvalue weighted by atomic mass is 16.5. The predicted octanol–water partition coefficient (Wildman–Crippen LogP) is 4.40. The summed E-state index contributed by atoms with van der Waals surface area (Å²) < 4.78 is 5.46. The Kier molecular flexibility index (Phi) is 5.19. The number of pyridine rings is 1. The van der Waals surface area contributed by atoms with Gasteiger partial charge in [-0.1, -0.05) is 42.0 Å². The molecule has 2 aromatic carbocycles. The summed E-state index contributed by atoms with van der Waals surface area (Å²) in [4.78, 5) is 4.63. The minimum absolute atomic E-state index is 0.0288. The predicted molar refractivity (Wildman–Crippen MR) is 102 cm³/mol. The maximum absolute atomic E-state index is 9.52. The molecule has 25 heavy (non-hydrogen) atoms. The normalized spacial score (nSPS) is 12.2. The van der Waals surface area contributed by atoms with Crippen molar-refractivity contribution < 1.29 is 9.84 Å². The van der Waals surface area contributed by atoms with Gasteiger partial charge in [0.2, 0.25) is 0 Å². The second-order valence-corrected chi connectivity index (χ2v) is 6.29. The number of hydrogen-bond donors (Lipinski definition) is 2. The average Bonchev–Trinajstić information content (AvgIpc) is 2.60. The number of fused-ring (bicyclic) bond motifs is 1. The standard InChI is InChI=1S/C21H24N2O2/c1-14-6-4-7-16(12-14)18(10-11-24)23-19-13-15(2)22-21-17(19)8-5-9-20(21)25-3/h4-9,12-13,18,24H,10-11H2,1-3H3,(H,22,23). The molecule has 2 N–H and O–H groups in total. The van der Waals surface area contributed by atoms with Gasteiger partial charge in [0.1, 0.15) is 11.3 Å². The van der Waals surface area contributed by atoms with Gasteiger partial charge in [0.15, 0.2) is 0 Å². The number of hydrogen-bond acceptors (Lipinski definition) is 4. The smallest absolute Gasteiger partial charge is 0.145 e. The van der Waals surface area contributed by atoms with Crippen molar-refractivity contribution >= 4 is 16.6 Å². The molecule has 1 aromatic heterocycles. The Morgan fingerprint density at radius 2 is 1.92 bits per heavy atom. The molecule has 0 radical (unpaired) electrons. The maximum Gasteiger partial charge on any atom is 0.145 e. The van der Waals surface area contributed by atoms with Crippen LogP contribution in [0.2, 0.25) is 0 Å². The van der Waals surface area contributed by atoms with Gasteiger partial charge < -0.3 is 15.2 Å². The summed E-state index contributed by atoms with van der Waals surface area (Å²) in [6, 6.07) is 16.4. The Balaban J connectivity index is 2.05. The third-order valence-electron chi connectivity index (χ3n) is 4.34. The first-order chi connectivity index (χ1) is 12.1. The first-order valence-corrected chi connectivity index (χ1v) is 8.50. The van der Waals surface area contributed by atoms with Crippen molar-refractivity contribution in [2.75, 3.05) is 19.0 Å². The van der Waals surface area contributed by atoms with Gasteiger partial charge in [-0.3, -0.25) is 0 Å². The fourth-order valence-corrected chi connectivity index (χ4v) is 3.16. The molecular formula is C21H24N2O2. The fourth-order valence-electron chi connectivity index (χ4n) is 3.16. The highest BCUT2D eigenvalue weighted by Crippen LogP contribution is 2.32. The van der Waals surface area contributed by atoms with Crippen LogP contribution in [0.5, 0.6) is 5.75 Å². The van der Waals surface area contributed by atoms with E-state index in [0.29, 0.717) is 6.42 Å². The van der Waals surface area contributed by atoms with Crippen molar-refractivity contribution in [3.8, 4) is 5.75 Å². The first kappa shape index (κ1) is 17.2. The van der Waals surface area contributed by atoms with E-state index in [2.05, 4.69) is 41.5 Å². The van der Waals surface area contributed by atoms with Crippen molar-refractivity contribution in [3.05, 3.63) is 65.4 Å². The molecule has 3 aromatic rings. The zero-order valence-electron chi connectivity index (χ0n) is 14.9. The third kappa shape index (κ3) is 3.74. The number of methoxy groups -OCH3 is 1. The molecule has 0 aliphatic carbocycles. The van der Waals surface area contributed by atoms with Crippen LogP contribution in [-0.4, -0.2) is 23.8 Å². The second kappa shape index (κ2) is 7.53. The number of aryl methyl sites for hydroxylation is 2. The minimum Gasteiger partial charge on any atom is -0.494 e. The van der Waals surface area contributed by atoms with Crippen LogP contribution < -0.4 is 10.1 Å². The van der Waals surface area contributed by atoms with Gasteiger partial charge >= 0.3 is 0 Å². The molecule has 0 aliphatic heterocycles. The van der Waals surface area contributed by atoms with Crippen molar-refractivity contribution in [2.24, 2.45) is 0 Å². The lowest BCUT2D eigenvalue weighted by molar-refractivity contribution is 0.280. The van der Waals surface area contributed by atoms with E-state index in [0.717, 1.165) is 28.0 Å². The van der Waals surface area contributed by atoms with Gasteiger partial charge in [0.25, 0.3) is 0 Å². The zero-order valence-corrected chi connectivity index (χ0v) is 14.9. The molecule has 0 spiro atoms. The van der Waals surface area contributed by atoms with Gasteiger partial charge in [-0.2, -0.15) is 0 Å². The Hall–Kier alpha value is -2.59. The van der Waals surface area contributed by atoms with Crippen LogP contribution in [-0.2, 0) is 0 Å². The number of nitrogens with one attached hydrogen (secondary N) is 1. The van der Waals surface area contributed by atoms with Gasteiger partial charge in [0.05, 0.1) is 13.2 Å². The molecule has 1 unspecified atom stereocenters. The molecule has 0 aliphatic rings. The molecule has 130 valence electrons. The van der Waals surface area contributed by atoms with Crippen LogP contribution in [0.3, 0.4) is 0 Å². The summed E-state index contributed by atoms with van der Waals surface area (Å²) >= 11 is 0. The Bertz CT molecular complexity index is 877. The minimum atomic E-state index is 0.0288. The third-order valence-corrected chi connectivity index (χ3v) is 4.34. The second-order valence-electron chi connectivity index (χ2n) is 6.29. The number of aliphatic hydroxyl groups is 1. The molecule has 4 heteroatoms. The number of aliphatic hydroxyl groups excluding tert-OH is 1. The van der Waals surface area contributed by atoms with Crippen LogP contribution in [0.25, 0.3) is 10.9 Å². The number of benzene rings is 2. The molecule has 0 amide bonds. The summed E-state index contributed by atoms with van der Waals surface area (Å²) in [5.41, 5.74) is 5.14. The molecule has 1 atom stereocenters. The zero-order chi connectivity index (χ0) is 17.8. The highest BCUT2D eigenvalue weighted by molar-refractivity contribution is 5.95. The lowest BCUT2D eigenvalue weighted by Crippen LogP contribution is -2.13. The van der Waals surface area contributed by atoms with Crippen LogP contribution in [0.4, 0.5) is 5.69 Å². The van der Waals surface area contributed by atoms with Crippen LogP contribution in [0.15, 0.2) is 48.5 Å². The lowest BCUT2D eigenvalue weighted by Gasteiger charge is -2.22. The molecule has 1 heterocycles. The first-order valence-electron chi connectivity index (χ1n) is 8.50. The van der Waals surface area contributed by atoms with E-state index in [1.165, 1.54) is 11.1 Å². The number of nitrogens with zero attached hydrogens (tertiary/aromatic N) is 1. The molecule has 4 nitrogen and oxygen atoms in total. The topological polar surface area (TPSA) is 54.4 Å². The maximum atomic E-state index is 9.52. The summed E-state index contributed by atoms with van der Waals surface area (Å²) in [5.74, 6) is 0.763. The van der Waals surface area contributed by atoms with Gasteiger partial charge in [-0.15, -0.1) is 0 Å². The van der Waals surface area contributed by atoms with E-state index < -0.39 is 0 Å². The van der Waals surface area contributed by atoms with Crippen LogP contribution in [0, 0.1) is 13.8 Å². The van der Waals surface area contributed by atoms with Crippen molar-refractivity contribution in [2.45, 2.75) is 26.3 Å². The molecule has 0 saturated carbocycles. The summed E-state index contributed by atoms with van der Waals surface area (Å²) in [5, 5.41) is 14.1. The summed E-state index contributed by atoms with van der Waals surface area (Å²) in [7, 11) is 1.66. The van der Waals surface area contributed by atoms with E-state index in [1.807, 2.05) is 31.2 Å². The lowest BCUT2D eigenvalue weighted by atomic mass is 10.0. The molecular weight excluding hydrogens is 312 g/mol. The van der Waals surface area contributed by atoms with E-state index in [4.69, 9.17) is 4.74 Å². The van der Waals surface area contributed by atoms with Crippen molar-refractivity contribution in [1.29, 1.82) is 0 Å². The van der Waals surface area contributed by atoms with Crippen LogP contribution >= 0.6 is 0 Å². The molecule has 0 bridgehead atoms. The SMILES string of the molecule is COc1cccc2c(NC(CCO)c3cccc(C)c3)cc(C)nc12. The Morgan fingerprint density at radius 3 is 2.64 bits per heavy atom.